The molecule has 22 heavy (non-hydrogen) atoms. The first-order chi connectivity index (χ1) is 10.7. The predicted octanol–water partition coefficient (Wildman–Crippen LogP) is 1.64. The molecule has 1 atom stereocenters. The Labute approximate surface area is 133 Å². The summed E-state index contributed by atoms with van der Waals surface area (Å²) in [5.74, 6) is -0.146. The van der Waals surface area contributed by atoms with Crippen molar-refractivity contribution in [2.24, 2.45) is 0 Å². The van der Waals surface area contributed by atoms with E-state index in [1.165, 1.54) is 16.9 Å². The molecule has 0 aliphatic carbocycles. The Morgan fingerprint density at radius 1 is 1.41 bits per heavy atom. The van der Waals surface area contributed by atoms with E-state index in [-0.39, 0.29) is 12.0 Å². The second kappa shape index (κ2) is 7.00. The summed E-state index contributed by atoms with van der Waals surface area (Å²) in [5.41, 5.74) is 4.41. The molecule has 6 heteroatoms. The molecule has 0 bridgehead atoms. The van der Waals surface area contributed by atoms with E-state index in [4.69, 9.17) is 0 Å². The molecule has 116 valence electrons. The molecule has 2 N–H and O–H groups in total. The van der Waals surface area contributed by atoms with Crippen molar-refractivity contribution in [3.05, 3.63) is 52.0 Å². The van der Waals surface area contributed by atoms with Crippen LogP contribution in [-0.2, 0) is 13.1 Å². The molecule has 1 aliphatic rings. The Kier molecular flexibility index (Phi) is 4.82. The molecular weight excluding hydrogens is 298 g/mol. The van der Waals surface area contributed by atoms with E-state index in [9.17, 15) is 9.90 Å². The van der Waals surface area contributed by atoms with Gasteiger partial charge in [-0.2, -0.15) is 0 Å². The smallest absolute Gasteiger partial charge is 0.271 e. The third-order valence-electron chi connectivity index (χ3n) is 3.86. The molecule has 1 fully saturated rings. The molecule has 0 unspecified atom stereocenters. The average molecular weight is 317 g/mol. The number of nitrogens with one attached hydrogen (secondary N) is 1. The lowest BCUT2D eigenvalue weighted by atomic mass is 10.1. The number of hydrogen-bond acceptors (Lipinski definition) is 5. The summed E-state index contributed by atoms with van der Waals surface area (Å²) in [6, 6.07) is 8.10. The minimum Gasteiger partial charge on any atom is -0.392 e. The van der Waals surface area contributed by atoms with Crippen molar-refractivity contribution in [2.75, 3.05) is 13.1 Å². The van der Waals surface area contributed by atoms with E-state index >= 15 is 0 Å². The molecular formula is C16H19N3O2S. The number of carbonyl (C=O) groups is 1. The number of thiazole rings is 1. The number of carbonyl (C=O) groups excluding carboxylic acids is 1. The Bertz CT molecular complexity index is 630. The Morgan fingerprint density at radius 3 is 2.91 bits per heavy atom. The van der Waals surface area contributed by atoms with Crippen molar-refractivity contribution < 1.29 is 9.90 Å². The number of rotatable bonds is 5. The number of aliphatic hydroxyl groups is 1. The lowest BCUT2D eigenvalue weighted by Crippen LogP contribution is -2.25. The van der Waals surface area contributed by atoms with Gasteiger partial charge in [0.05, 0.1) is 11.6 Å². The summed E-state index contributed by atoms with van der Waals surface area (Å²) in [5, 5.41) is 14.3. The predicted molar refractivity (Wildman–Crippen MR) is 85.6 cm³/mol. The highest BCUT2D eigenvalue weighted by molar-refractivity contribution is 7.07. The summed E-state index contributed by atoms with van der Waals surface area (Å²) < 4.78 is 0. The minimum atomic E-state index is -0.212. The van der Waals surface area contributed by atoms with Gasteiger partial charge in [-0.15, -0.1) is 11.3 Å². The van der Waals surface area contributed by atoms with E-state index in [0.717, 1.165) is 31.6 Å². The summed E-state index contributed by atoms with van der Waals surface area (Å²) >= 11 is 1.41. The fourth-order valence-corrected chi connectivity index (χ4v) is 3.20. The molecule has 1 aromatic carbocycles. The van der Waals surface area contributed by atoms with E-state index in [2.05, 4.69) is 21.3 Å². The van der Waals surface area contributed by atoms with Crippen molar-refractivity contribution in [2.45, 2.75) is 25.6 Å². The van der Waals surface area contributed by atoms with Crippen LogP contribution in [0, 0.1) is 0 Å². The second-order valence-electron chi connectivity index (χ2n) is 5.50. The summed E-state index contributed by atoms with van der Waals surface area (Å²) in [7, 11) is 0. The van der Waals surface area contributed by atoms with Crippen LogP contribution in [0.15, 0.2) is 35.2 Å². The third kappa shape index (κ3) is 3.71. The maximum atomic E-state index is 12.0. The second-order valence-corrected chi connectivity index (χ2v) is 6.22. The van der Waals surface area contributed by atoms with Crippen LogP contribution in [-0.4, -0.2) is 40.1 Å². The van der Waals surface area contributed by atoms with Gasteiger partial charge < -0.3 is 10.4 Å². The first kappa shape index (κ1) is 15.1. The van der Waals surface area contributed by atoms with Crippen LogP contribution in [0.1, 0.15) is 28.0 Å². The zero-order valence-corrected chi connectivity index (χ0v) is 13.1. The summed E-state index contributed by atoms with van der Waals surface area (Å²) in [6.45, 7) is 2.93. The van der Waals surface area contributed by atoms with E-state index in [1.54, 1.807) is 10.9 Å². The largest absolute Gasteiger partial charge is 0.392 e. The summed E-state index contributed by atoms with van der Waals surface area (Å²) in [6.07, 6.45) is 0.624. The molecule has 2 heterocycles. The molecule has 1 amide bonds. The van der Waals surface area contributed by atoms with Gasteiger partial charge in [0.1, 0.15) is 5.69 Å². The Balaban J connectivity index is 1.62. The van der Waals surface area contributed by atoms with Crippen molar-refractivity contribution in [3.63, 3.8) is 0 Å². The lowest BCUT2D eigenvalue weighted by Gasteiger charge is -2.17. The zero-order chi connectivity index (χ0) is 15.4. The van der Waals surface area contributed by atoms with Gasteiger partial charge in [-0.05, 0) is 17.5 Å². The fraction of sp³-hybridized carbons (Fsp3) is 0.375. The normalized spacial score (nSPS) is 18.5. The van der Waals surface area contributed by atoms with Crippen LogP contribution >= 0.6 is 11.3 Å². The first-order valence-electron chi connectivity index (χ1n) is 7.36. The monoisotopic (exact) mass is 317 g/mol. The number of likely N-dealkylation sites (tertiary alicyclic amines) is 1. The third-order valence-corrected chi connectivity index (χ3v) is 4.45. The molecule has 0 saturated carbocycles. The molecule has 3 rings (SSSR count). The highest BCUT2D eigenvalue weighted by Gasteiger charge is 2.20. The van der Waals surface area contributed by atoms with Crippen molar-refractivity contribution in [1.29, 1.82) is 0 Å². The van der Waals surface area contributed by atoms with Crippen molar-refractivity contribution in [1.82, 2.24) is 15.2 Å². The van der Waals surface area contributed by atoms with Gasteiger partial charge in [-0.25, -0.2) is 4.98 Å². The molecule has 5 nitrogen and oxygen atoms in total. The Hall–Kier alpha value is -1.76. The van der Waals surface area contributed by atoms with Gasteiger partial charge in [0.15, 0.2) is 0 Å². The quantitative estimate of drug-likeness (QED) is 0.880. The molecule has 0 radical (unpaired) electrons. The minimum absolute atomic E-state index is 0.146. The first-order valence-corrected chi connectivity index (χ1v) is 8.30. The van der Waals surface area contributed by atoms with E-state index < -0.39 is 0 Å². The van der Waals surface area contributed by atoms with Crippen LogP contribution in [0.3, 0.4) is 0 Å². The standard InChI is InChI=1S/C16H19N3O2S/c20-14-5-6-19(9-14)8-13-4-2-1-3-12(13)7-17-16(21)15-10-22-11-18-15/h1-4,10-11,14,20H,5-9H2,(H,17,21)/t14-/m1/s1. The highest BCUT2D eigenvalue weighted by atomic mass is 32.1. The van der Waals surface area contributed by atoms with Gasteiger partial charge in [0, 0.05) is 31.6 Å². The molecule has 1 saturated heterocycles. The maximum absolute atomic E-state index is 12.0. The SMILES string of the molecule is O=C(NCc1ccccc1CN1CC[C@@H](O)C1)c1cscn1. The van der Waals surface area contributed by atoms with E-state index in [0.29, 0.717) is 12.2 Å². The highest BCUT2D eigenvalue weighted by Crippen LogP contribution is 2.16. The van der Waals surface area contributed by atoms with Crippen molar-refractivity contribution >= 4 is 17.2 Å². The van der Waals surface area contributed by atoms with Gasteiger partial charge in [0.25, 0.3) is 5.91 Å². The van der Waals surface area contributed by atoms with Crippen LogP contribution in [0.4, 0.5) is 0 Å². The van der Waals surface area contributed by atoms with Crippen LogP contribution in [0.25, 0.3) is 0 Å². The molecule has 2 aromatic rings. The maximum Gasteiger partial charge on any atom is 0.271 e. The number of β-amino-alcohol motifs (C(OH)–C–C–N with tert-alkyl or cyclic N) is 1. The van der Waals surface area contributed by atoms with Crippen molar-refractivity contribution in [3.8, 4) is 0 Å². The topological polar surface area (TPSA) is 65.5 Å². The summed E-state index contributed by atoms with van der Waals surface area (Å²) in [4.78, 5) is 18.2. The fourth-order valence-electron chi connectivity index (χ4n) is 2.67. The number of aromatic nitrogens is 1. The number of hydrogen-bond donors (Lipinski definition) is 2. The Morgan fingerprint density at radius 2 is 2.23 bits per heavy atom. The van der Waals surface area contributed by atoms with Crippen LogP contribution in [0.5, 0.6) is 0 Å². The zero-order valence-electron chi connectivity index (χ0n) is 12.2. The van der Waals surface area contributed by atoms with Crippen LogP contribution in [0.2, 0.25) is 0 Å². The van der Waals surface area contributed by atoms with Gasteiger partial charge in [0.2, 0.25) is 0 Å². The van der Waals surface area contributed by atoms with Crippen LogP contribution < -0.4 is 5.32 Å². The number of amides is 1. The van der Waals surface area contributed by atoms with E-state index in [1.807, 2.05) is 18.2 Å². The molecule has 1 aromatic heterocycles. The molecule has 1 aliphatic heterocycles. The number of benzene rings is 1. The number of aliphatic hydroxyl groups excluding tert-OH is 1. The molecule has 0 spiro atoms. The lowest BCUT2D eigenvalue weighted by molar-refractivity contribution is 0.0946. The van der Waals surface area contributed by atoms with Gasteiger partial charge >= 0.3 is 0 Å². The van der Waals surface area contributed by atoms with Gasteiger partial charge in [-0.1, -0.05) is 24.3 Å². The average Bonchev–Trinajstić information content (AvgIpc) is 3.18. The van der Waals surface area contributed by atoms with Gasteiger partial charge in [-0.3, -0.25) is 9.69 Å². The number of nitrogens with zero attached hydrogens (tertiary/aromatic N) is 2.